The van der Waals surface area contributed by atoms with E-state index in [-0.39, 0.29) is 12.2 Å². The van der Waals surface area contributed by atoms with Crippen LogP contribution >= 0.6 is 29.4 Å². The third kappa shape index (κ3) is 5.57. The molecule has 2 aromatic rings. The summed E-state index contributed by atoms with van der Waals surface area (Å²) in [5, 5.41) is 1.31. The van der Waals surface area contributed by atoms with Gasteiger partial charge in [-0.05, 0) is 36.6 Å². The molecule has 148 valence electrons. The van der Waals surface area contributed by atoms with Gasteiger partial charge in [0.2, 0.25) is 0 Å². The van der Waals surface area contributed by atoms with Gasteiger partial charge in [0.05, 0.1) is 28.5 Å². The van der Waals surface area contributed by atoms with Gasteiger partial charge in [-0.1, -0.05) is 95.7 Å². The van der Waals surface area contributed by atoms with Crippen molar-refractivity contribution in [1.82, 2.24) is 4.67 Å². The molecule has 2 aromatic carbocycles. The lowest BCUT2D eigenvalue weighted by Crippen LogP contribution is -2.43. The Bertz CT molecular complexity index is 832. The van der Waals surface area contributed by atoms with Crippen LogP contribution in [0.25, 0.3) is 10.1 Å². The molecule has 1 saturated heterocycles. The molecule has 6 heteroatoms. The summed E-state index contributed by atoms with van der Waals surface area (Å²) in [4.78, 5) is 0. The highest BCUT2D eigenvalue weighted by Crippen LogP contribution is 2.58. The second-order valence-electron chi connectivity index (χ2n) is 6.99. The van der Waals surface area contributed by atoms with Crippen molar-refractivity contribution in [3.8, 4) is 0 Å². The highest BCUT2D eigenvalue weighted by molar-refractivity contribution is 8.16. The van der Waals surface area contributed by atoms with E-state index in [0.29, 0.717) is 10.1 Å². The molecule has 0 N–H and O–H groups in total. The number of hydrogen-bond donors (Lipinski definition) is 0. The maximum atomic E-state index is 6.70. The minimum absolute atomic E-state index is 0.110. The molecular formula is C22H24Cl2NOPS. The second kappa shape index (κ2) is 9.71. The minimum atomic E-state index is -2.31. The Labute approximate surface area is 182 Å². The zero-order valence-corrected chi connectivity index (χ0v) is 19.2. The summed E-state index contributed by atoms with van der Waals surface area (Å²) in [6.07, 6.45) is -2.09. The lowest BCUT2D eigenvalue weighted by Gasteiger charge is -2.40. The highest BCUT2D eigenvalue weighted by Gasteiger charge is 2.31. The maximum absolute atomic E-state index is 6.70. The van der Waals surface area contributed by atoms with Gasteiger partial charge in [-0.2, -0.15) is 0 Å². The monoisotopic (exact) mass is 451 g/mol. The number of hydrogen-bond acceptors (Lipinski definition) is 2. The molecule has 1 heterocycles. The van der Waals surface area contributed by atoms with Gasteiger partial charge in [0, 0.05) is 13.1 Å². The van der Waals surface area contributed by atoms with E-state index in [1.54, 1.807) is 0 Å². The van der Waals surface area contributed by atoms with Crippen LogP contribution in [0, 0.1) is 0 Å². The van der Waals surface area contributed by atoms with Crippen molar-refractivity contribution in [3.63, 3.8) is 0 Å². The maximum Gasteiger partial charge on any atom is 0.0681 e. The first-order chi connectivity index (χ1) is 13.4. The molecule has 1 aliphatic rings. The predicted octanol–water partition coefficient (Wildman–Crippen LogP) is 6.96. The van der Waals surface area contributed by atoms with E-state index >= 15 is 0 Å². The topological polar surface area (TPSA) is 12.5 Å². The summed E-state index contributed by atoms with van der Waals surface area (Å²) in [6, 6.07) is 19.8. The van der Waals surface area contributed by atoms with E-state index in [0.717, 1.165) is 24.2 Å². The predicted molar refractivity (Wildman–Crippen MR) is 126 cm³/mol. The van der Waals surface area contributed by atoms with Gasteiger partial charge < -0.3 is 4.74 Å². The third-order valence-corrected chi connectivity index (χ3v) is 9.29. The number of benzene rings is 2. The fraction of sp³-hybridized carbons (Fsp3) is 0.273. The summed E-state index contributed by atoms with van der Waals surface area (Å²) >= 11 is 19.6. The summed E-state index contributed by atoms with van der Waals surface area (Å²) < 4.78 is 8.23. The molecule has 0 saturated carbocycles. The normalized spacial score (nSPS) is 24.0. The number of ether oxygens (including phenoxy) is 1. The van der Waals surface area contributed by atoms with E-state index in [4.69, 9.17) is 39.7 Å². The van der Waals surface area contributed by atoms with Gasteiger partial charge in [0.1, 0.15) is 0 Å². The van der Waals surface area contributed by atoms with Crippen LogP contribution in [-0.2, 0) is 16.5 Å². The van der Waals surface area contributed by atoms with Gasteiger partial charge in [0.15, 0.2) is 0 Å². The van der Waals surface area contributed by atoms with Crippen LogP contribution in [0.1, 0.15) is 25.0 Å². The number of morpholine rings is 1. The minimum Gasteiger partial charge on any atom is -0.373 e. The first-order valence-electron chi connectivity index (χ1n) is 9.25. The van der Waals surface area contributed by atoms with Crippen LogP contribution in [0.5, 0.6) is 0 Å². The van der Waals surface area contributed by atoms with Crippen LogP contribution in [0.4, 0.5) is 0 Å². The number of halogens is 2. The van der Waals surface area contributed by atoms with E-state index < -0.39 is 6.19 Å². The van der Waals surface area contributed by atoms with E-state index in [1.807, 2.05) is 72.3 Å². The van der Waals surface area contributed by atoms with Gasteiger partial charge in [-0.15, -0.1) is 0 Å². The lowest BCUT2D eigenvalue weighted by molar-refractivity contribution is -0.0428. The molecule has 1 aliphatic heterocycles. The summed E-state index contributed by atoms with van der Waals surface area (Å²) in [6.45, 7) is 5.67. The standard InChI is InChI=1S/C22H24Cl2NOPS/c1-17-13-25(14-18(2)26-17)27(28,15-21(23)19-9-5-3-6-10-19)16-22(24)20-11-7-4-8-12-20/h3-12,15-18H,13-14H2,1-2H3/b21-15+,22-16?. The Hall–Kier alpha value is -0.930. The van der Waals surface area contributed by atoms with E-state index in [2.05, 4.69) is 18.5 Å². The zero-order chi connectivity index (χ0) is 20.1. The van der Waals surface area contributed by atoms with Crippen molar-refractivity contribution in [2.24, 2.45) is 0 Å². The van der Waals surface area contributed by atoms with Gasteiger partial charge >= 0.3 is 0 Å². The molecule has 3 rings (SSSR count). The van der Waals surface area contributed by atoms with Crippen LogP contribution in [-0.4, -0.2) is 30.0 Å². The number of nitrogens with zero attached hydrogens (tertiary/aromatic N) is 1. The second-order valence-corrected chi connectivity index (χ2v) is 12.0. The van der Waals surface area contributed by atoms with Crippen molar-refractivity contribution >= 4 is 51.3 Å². The molecule has 0 aliphatic carbocycles. The molecule has 0 amide bonds. The van der Waals surface area contributed by atoms with Crippen LogP contribution in [0.15, 0.2) is 72.3 Å². The van der Waals surface area contributed by atoms with Gasteiger partial charge in [-0.3, -0.25) is 4.67 Å². The van der Waals surface area contributed by atoms with Crippen molar-refractivity contribution in [2.75, 3.05) is 13.1 Å². The zero-order valence-electron chi connectivity index (χ0n) is 16.0. The van der Waals surface area contributed by atoms with Gasteiger partial charge in [-0.25, -0.2) is 0 Å². The van der Waals surface area contributed by atoms with Crippen LogP contribution in [0.3, 0.4) is 0 Å². The lowest BCUT2D eigenvalue weighted by atomic mass is 10.2. The molecule has 3 unspecified atom stereocenters. The highest BCUT2D eigenvalue weighted by atomic mass is 35.5. The van der Waals surface area contributed by atoms with Crippen molar-refractivity contribution < 1.29 is 4.74 Å². The smallest absolute Gasteiger partial charge is 0.0681 e. The van der Waals surface area contributed by atoms with E-state index in [1.165, 1.54) is 0 Å². The fourth-order valence-corrected chi connectivity index (χ4v) is 8.12. The first-order valence-corrected chi connectivity index (χ1v) is 12.9. The molecule has 0 bridgehead atoms. The van der Waals surface area contributed by atoms with Crippen LogP contribution < -0.4 is 0 Å². The average Bonchev–Trinajstić information content (AvgIpc) is 2.68. The molecule has 0 radical (unpaired) electrons. The summed E-state index contributed by atoms with van der Waals surface area (Å²) in [5.74, 6) is 4.05. The Kier molecular flexibility index (Phi) is 7.55. The fourth-order valence-electron chi connectivity index (χ4n) is 3.28. The Morgan fingerprint density at radius 1 is 0.893 bits per heavy atom. The van der Waals surface area contributed by atoms with Crippen molar-refractivity contribution in [2.45, 2.75) is 26.1 Å². The molecule has 0 aromatic heterocycles. The molecule has 28 heavy (non-hydrogen) atoms. The SMILES string of the molecule is CC1CN(P(=S)(C=C(Cl)c2ccccc2)/C=C(/Cl)c2ccccc2)CC(C)O1. The van der Waals surface area contributed by atoms with E-state index in [9.17, 15) is 0 Å². The van der Waals surface area contributed by atoms with Crippen LogP contribution in [0.2, 0.25) is 0 Å². The third-order valence-electron chi connectivity index (χ3n) is 4.54. The van der Waals surface area contributed by atoms with Crippen molar-refractivity contribution in [1.29, 1.82) is 0 Å². The van der Waals surface area contributed by atoms with Gasteiger partial charge in [0.25, 0.3) is 0 Å². The molecule has 1 fully saturated rings. The largest absolute Gasteiger partial charge is 0.373 e. The summed E-state index contributed by atoms with van der Waals surface area (Å²) in [5.41, 5.74) is 1.91. The Morgan fingerprint density at radius 2 is 1.29 bits per heavy atom. The molecule has 2 nitrogen and oxygen atoms in total. The Morgan fingerprint density at radius 3 is 1.68 bits per heavy atom. The Balaban J connectivity index is 2.04. The average molecular weight is 452 g/mol. The molecule has 0 spiro atoms. The molecule has 3 atom stereocenters. The first kappa shape index (κ1) is 21.8. The quantitative estimate of drug-likeness (QED) is 0.455. The van der Waals surface area contributed by atoms with Crippen molar-refractivity contribution in [3.05, 3.63) is 83.4 Å². The summed E-state index contributed by atoms with van der Waals surface area (Å²) in [7, 11) is 0. The number of rotatable bonds is 5. The molecular weight excluding hydrogens is 428 g/mol.